The van der Waals surface area contributed by atoms with Crippen LogP contribution in [0.1, 0.15) is 91.5 Å². The van der Waals surface area contributed by atoms with Gasteiger partial charge in [-0.2, -0.15) is 15.1 Å². The standard InChI is InChI=1S/C32H35N3O5.C23H33N4O9P.C21H4.C16H6/c1-21-28(22(2)36)40-30(29(21)39-4)35-20-19-27(33-31(35)37)34-32(23-11-7-5-8-12-23,24-13-9-6-10-14-24)25-15-17-26(38-3)18-16-25;1-13(2)33-22(29)14(3)26-37(31,36-16-9-7-6-8-10-16)35-15(4)19-18(28)20(32-5)21(34-19)27-12-11-17(24)25-23(27)30;1-3-5-7-9-11-13-15-17-19-21-20-18-16-14-12-10-8-6-4-2;1-3-5-7-9-11-13-15-16-14-12-10-8-6-4-2/h5-22,28-30,36H,1-4H3,(H,33,34,37);6-15,18-21,28H,1-5H3,(H,26,31)(H2,24,25,30);1H,2H3;1-2H3/t21-,22-,28+,29-,30-;14-,15+,18+,19+,20+,21+,37?;;/m10../s1. The maximum absolute atomic E-state index is 13.8. The molecule has 8 rings (SSSR count). The number of aromatic nitrogens is 4. The SMILES string of the molecule is C#CC#CC#CC#CC#CC#CC#CC#CC#CC#CC.CC#CC#CC#CC#CC#CC#CC#CC.CO[C@@H]1[C@H](O)[C@@H]([C@@H](C)OP(=O)(N[C@@H](C)C(=O)OC(C)C)Oc2ccccc2)O[C@H]1n1ccc(N)nc1=O.COc1ccc(C(Nc2ccn([C@@H]3O[C@H]([C@@H](C)O)[C@@H](C)[C@H]3OC)c(=O)n2)(c2ccccc2)c2ccccc2)cc1. The van der Waals surface area contributed by atoms with Crippen LogP contribution >= 0.6 is 7.75 Å². The maximum atomic E-state index is 13.8. The van der Waals surface area contributed by atoms with E-state index in [0.29, 0.717) is 5.82 Å². The average molecular weight is 1540 g/mol. The summed E-state index contributed by atoms with van der Waals surface area (Å²) in [4.78, 5) is 46.3. The Bertz CT molecular complexity index is 5570. The van der Waals surface area contributed by atoms with E-state index in [-0.39, 0.29) is 23.6 Å². The van der Waals surface area contributed by atoms with Crippen LogP contribution in [0, 0.1) is 208 Å². The van der Waals surface area contributed by atoms with Gasteiger partial charge in [0.2, 0.25) is 0 Å². The highest BCUT2D eigenvalue weighted by Gasteiger charge is 2.50. The number of methoxy groups -OCH3 is 3. The molecule has 4 aromatic carbocycles. The maximum Gasteiger partial charge on any atom is 0.459 e. The van der Waals surface area contributed by atoms with Crippen LogP contribution in [0.25, 0.3) is 0 Å². The molecule has 22 heteroatoms. The van der Waals surface area contributed by atoms with Crippen molar-refractivity contribution >= 4 is 25.4 Å². The van der Waals surface area contributed by atoms with Crippen molar-refractivity contribution in [2.45, 2.75) is 135 Å². The fourth-order valence-corrected chi connectivity index (χ4v) is 12.2. The summed E-state index contributed by atoms with van der Waals surface area (Å²) >= 11 is 0. The average Bonchev–Trinajstić information content (AvgIpc) is 0.971. The molecule has 12 atom stereocenters. The third-order valence-electron chi connectivity index (χ3n) is 15.3. The number of para-hydroxylation sites is 1. The number of nitrogens with two attached hydrogens (primary N) is 1. The second-order valence-electron chi connectivity index (χ2n) is 23.4. The van der Waals surface area contributed by atoms with E-state index in [9.17, 15) is 29.2 Å². The molecule has 570 valence electrons. The smallest absolute Gasteiger partial charge is 0.459 e. The molecule has 4 heterocycles. The largest absolute Gasteiger partial charge is 0.497 e. The van der Waals surface area contributed by atoms with Gasteiger partial charge in [0.1, 0.15) is 59.1 Å². The monoisotopic (exact) mass is 1540 g/mol. The Labute approximate surface area is 667 Å². The molecule has 21 nitrogen and oxygen atoms in total. The second kappa shape index (κ2) is 49.7. The fraction of sp³-hybridized carbons (Fsp3) is 0.272. The number of carbonyl (C=O) groups is 1. The van der Waals surface area contributed by atoms with Gasteiger partial charge in [-0.15, -0.1) is 6.42 Å². The molecular weight excluding hydrogens is 1460 g/mol. The summed E-state index contributed by atoms with van der Waals surface area (Å²) in [6, 6.07) is 38.4. The highest BCUT2D eigenvalue weighted by molar-refractivity contribution is 7.52. The van der Waals surface area contributed by atoms with Crippen LogP contribution in [0.3, 0.4) is 0 Å². The minimum atomic E-state index is -4.25. The van der Waals surface area contributed by atoms with Crippen LogP contribution in [-0.4, -0.2) is 111 Å². The van der Waals surface area contributed by atoms with Gasteiger partial charge in [0, 0.05) is 44.4 Å². The van der Waals surface area contributed by atoms with E-state index in [1.54, 1.807) is 98.4 Å². The van der Waals surface area contributed by atoms with Gasteiger partial charge in [-0.25, -0.2) is 14.2 Å². The minimum Gasteiger partial charge on any atom is -0.497 e. The van der Waals surface area contributed by atoms with Crippen molar-refractivity contribution in [1.29, 1.82) is 0 Å². The van der Waals surface area contributed by atoms with E-state index in [2.05, 4.69) is 240 Å². The molecule has 0 amide bonds. The Hall–Kier alpha value is -14.3. The van der Waals surface area contributed by atoms with Crippen molar-refractivity contribution in [2.24, 2.45) is 5.92 Å². The predicted octanol–water partition coefficient (Wildman–Crippen LogP) is 7.93. The predicted molar refractivity (Wildman–Crippen MR) is 436 cm³/mol. The molecule has 6 aromatic rings. The number of nitrogens with zero attached hydrogens (tertiary/aromatic N) is 4. The molecule has 1 unspecified atom stereocenters. The molecule has 0 bridgehead atoms. The number of rotatable bonds is 20. The number of ether oxygens (including phenoxy) is 6. The number of hydrogen-bond acceptors (Lipinski definition) is 18. The molecule has 0 spiro atoms. The van der Waals surface area contributed by atoms with Gasteiger partial charge in [0.25, 0.3) is 0 Å². The first-order valence-electron chi connectivity index (χ1n) is 34.6. The number of esters is 1. The molecule has 2 saturated heterocycles. The number of aliphatic hydroxyl groups is 2. The number of aliphatic hydroxyl groups excluding tert-OH is 2. The van der Waals surface area contributed by atoms with E-state index in [0.717, 1.165) is 27.0 Å². The third-order valence-corrected chi connectivity index (χ3v) is 17.1. The second-order valence-corrected chi connectivity index (χ2v) is 25.1. The Morgan fingerprint density at radius 2 is 0.939 bits per heavy atom. The molecular formula is C92H78N7O14P. The summed E-state index contributed by atoms with van der Waals surface area (Å²) in [5, 5.41) is 27.3. The van der Waals surface area contributed by atoms with Crippen molar-refractivity contribution in [3.63, 3.8) is 0 Å². The lowest BCUT2D eigenvalue weighted by Gasteiger charge is -2.37. The van der Waals surface area contributed by atoms with Crippen molar-refractivity contribution < 1.29 is 57.0 Å². The van der Waals surface area contributed by atoms with Crippen molar-refractivity contribution in [3.05, 3.63) is 177 Å². The van der Waals surface area contributed by atoms with E-state index >= 15 is 0 Å². The van der Waals surface area contributed by atoms with Crippen LogP contribution in [0.4, 0.5) is 11.6 Å². The van der Waals surface area contributed by atoms with Crippen LogP contribution in [0.15, 0.2) is 149 Å². The number of hydrogen-bond donors (Lipinski definition) is 5. The number of benzene rings is 4. The fourth-order valence-electron chi connectivity index (χ4n) is 10.5. The summed E-state index contributed by atoms with van der Waals surface area (Å²) in [6.07, 6.45) is -0.246. The first-order valence-corrected chi connectivity index (χ1v) is 36.1. The molecule has 0 radical (unpaired) electrons. The molecule has 0 saturated carbocycles. The molecule has 114 heavy (non-hydrogen) atoms. The number of nitrogens with one attached hydrogen (secondary N) is 2. The summed E-state index contributed by atoms with van der Waals surface area (Å²) in [6.45, 7) is 15.1. The molecule has 2 aliphatic rings. The van der Waals surface area contributed by atoms with Gasteiger partial charge in [0.05, 0.1) is 31.5 Å². The first-order chi connectivity index (χ1) is 55.1. The van der Waals surface area contributed by atoms with Crippen molar-refractivity contribution in [1.82, 2.24) is 24.2 Å². The first kappa shape index (κ1) is 90.4. The zero-order valence-electron chi connectivity index (χ0n) is 64.4. The minimum absolute atomic E-state index is 0.0252. The number of carbonyl (C=O) groups excluding carboxylic acids is 1. The lowest BCUT2D eigenvalue weighted by molar-refractivity contribution is -0.149. The number of terminal acetylenes is 1. The Morgan fingerprint density at radius 1 is 0.544 bits per heavy atom. The van der Waals surface area contributed by atoms with Crippen molar-refractivity contribution in [2.75, 3.05) is 32.4 Å². The van der Waals surface area contributed by atoms with E-state index < -0.39 is 91.9 Å². The van der Waals surface area contributed by atoms with E-state index in [4.69, 9.17) is 49.6 Å². The van der Waals surface area contributed by atoms with Gasteiger partial charge in [-0.05, 0) is 274 Å². The summed E-state index contributed by atoms with van der Waals surface area (Å²) in [7, 11) is 0.324. The molecule has 2 fully saturated rings. The van der Waals surface area contributed by atoms with E-state index in [1.165, 1.54) is 37.8 Å². The lowest BCUT2D eigenvalue weighted by Crippen LogP contribution is -2.41. The van der Waals surface area contributed by atoms with Gasteiger partial charge in [-0.1, -0.05) is 116 Å². The van der Waals surface area contributed by atoms with Crippen LogP contribution in [-0.2, 0) is 43.1 Å². The molecule has 6 N–H and O–H groups in total. The molecule has 2 aliphatic heterocycles. The molecule has 0 aliphatic carbocycles. The van der Waals surface area contributed by atoms with Crippen LogP contribution in [0.2, 0.25) is 0 Å². The van der Waals surface area contributed by atoms with E-state index in [1.807, 2.05) is 67.6 Å². The summed E-state index contributed by atoms with van der Waals surface area (Å²) < 4.78 is 61.5. The highest BCUT2D eigenvalue weighted by atomic mass is 31.2. The lowest BCUT2D eigenvalue weighted by atomic mass is 9.77. The summed E-state index contributed by atoms with van der Waals surface area (Å²) in [5.74, 6) is 83.1. The van der Waals surface area contributed by atoms with Gasteiger partial charge in [0.15, 0.2) is 12.5 Å². The van der Waals surface area contributed by atoms with Gasteiger partial charge in [-0.3, -0.25) is 18.5 Å². The van der Waals surface area contributed by atoms with Gasteiger partial charge < -0.3 is 54.2 Å². The highest BCUT2D eigenvalue weighted by Crippen LogP contribution is 2.48. The topological polar surface area (TPSA) is 268 Å². The zero-order valence-corrected chi connectivity index (χ0v) is 65.3. The Kier molecular flexibility index (Phi) is 39.4. The van der Waals surface area contributed by atoms with Crippen LogP contribution in [0.5, 0.6) is 11.5 Å². The van der Waals surface area contributed by atoms with Crippen LogP contribution < -0.4 is 36.8 Å². The quantitative estimate of drug-likeness (QED) is 0.0210. The normalized spacial score (nSPS) is 16.9. The Morgan fingerprint density at radius 3 is 1.33 bits per heavy atom. The van der Waals surface area contributed by atoms with Crippen molar-refractivity contribution in [3.8, 4) is 213 Å². The third kappa shape index (κ3) is 29.3. The Balaban J connectivity index is 0.000000289. The number of nitrogen functional groups attached to an aromatic ring is 1. The summed E-state index contributed by atoms with van der Waals surface area (Å²) in [5.41, 5.74) is 6.41. The zero-order chi connectivity index (χ0) is 82.9. The molecule has 2 aromatic heterocycles. The van der Waals surface area contributed by atoms with Gasteiger partial charge >= 0.3 is 25.1 Å². The number of anilines is 2.